The average Bonchev–Trinajstić information content (AvgIpc) is 3.58. The number of hydrogen-bond acceptors (Lipinski definition) is 2. The molecule has 26 heavy (non-hydrogen) atoms. The van der Waals surface area contributed by atoms with E-state index < -0.39 is 0 Å². The molecule has 2 heterocycles. The van der Waals surface area contributed by atoms with E-state index in [4.69, 9.17) is 8.83 Å². The van der Waals surface area contributed by atoms with Crippen LogP contribution in [0.2, 0.25) is 0 Å². The molecule has 0 saturated carbocycles. The molecule has 0 aliphatic rings. The van der Waals surface area contributed by atoms with Crippen molar-refractivity contribution in [2.24, 2.45) is 0 Å². The molecule has 0 saturated heterocycles. The summed E-state index contributed by atoms with van der Waals surface area (Å²) in [5.41, 5.74) is 3.77. The van der Waals surface area contributed by atoms with Crippen LogP contribution in [0.5, 0.6) is 0 Å². The Balaban J connectivity index is 2.01. The van der Waals surface area contributed by atoms with E-state index in [0.717, 1.165) is 33.1 Å². The molecule has 5 aromatic carbocycles. The van der Waals surface area contributed by atoms with Gasteiger partial charge in [0, 0.05) is 10.8 Å². The van der Waals surface area contributed by atoms with E-state index in [0.29, 0.717) is 0 Å². The molecule has 2 heteroatoms. The summed E-state index contributed by atoms with van der Waals surface area (Å²) < 4.78 is 11.7. The number of fused-ring (bicyclic) bond motifs is 13. The predicted octanol–water partition coefficient (Wildman–Crippen LogP) is 7.23. The lowest BCUT2D eigenvalue weighted by Crippen LogP contribution is -1.81. The fourth-order valence-electron chi connectivity index (χ4n) is 4.35. The van der Waals surface area contributed by atoms with Crippen molar-refractivity contribution in [3.05, 3.63) is 72.8 Å². The van der Waals surface area contributed by atoms with Gasteiger partial charge in [-0.25, -0.2) is 0 Å². The Morgan fingerprint density at radius 3 is 1.04 bits per heavy atom. The van der Waals surface area contributed by atoms with Crippen molar-refractivity contribution in [1.29, 1.82) is 0 Å². The minimum absolute atomic E-state index is 0.917. The molecule has 0 aliphatic carbocycles. The maximum atomic E-state index is 5.85. The lowest BCUT2D eigenvalue weighted by molar-refractivity contribution is 0.734. The molecule has 0 unspecified atom stereocenters. The smallest absolute Gasteiger partial charge is 0.217 e. The fourth-order valence-corrected chi connectivity index (χ4v) is 4.35. The van der Waals surface area contributed by atoms with Crippen molar-refractivity contribution < 1.29 is 8.83 Å². The number of benzene rings is 4. The van der Waals surface area contributed by atoms with E-state index in [1.165, 1.54) is 32.3 Å². The first-order chi connectivity index (χ1) is 12.9. The van der Waals surface area contributed by atoms with Gasteiger partial charge in [-0.3, -0.25) is 0 Å². The Kier molecular flexibility index (Phi) is 2.05. The zero-order valence-electron chi connectivity index (χ0n) is 13.7. The molecule has 2 aromatic heterocycles. The second-order valence-corrected chi connectivity index (χ2v) is 6.91. The summed E-state index contributed by atoms with van der Waals surface area (Å²) in [5, 5.41) is 9.70. The van der Waals surface area contributed by atoms with E-state index in [1.54, 1.807) is 0 Å². The summed E-state index contributed by atoms with van der Waals surface area (Å²) in [6, 6.07) is 25.8. The van der Waals surface area contributed by atoms with Crippen LogP contribution in [0.15, 0.2) is 81.6 Å². The van der Waals surface area contributed by atoms with Crippen LogP contribution in [0.1, 0.15) is 0 Å². The van der Waals surface area contributed by atoms with Gasteiger partial charge < -0.3 is 8.83 Å². The molecule has 0 radical (unpaired) electrons. The summed E-state index contributed by atoms with van der Waals surface area (Å²) in [5.74, 6) is 0. The zero-order valence-corrected chi connectivity index (χ0v) is 13.7. The summed E-state index contributed by atoms with van der Waals surface area (Å²) >= 11 is 0. The van der Waals surface area contributed by atoms with Crippen LogP contribution in [0.25, 0.3) is 65.4 Å². The third-order valence-electron chi connectivity index (χ3n) is 5.55. The molecule has 0 fully saturated rings. The number of rotatable bonds is 0. The molecule has 7 rings (SSSR count). The monoisotopic (exact) mass is 332 g/mol. The SMILES string of the molecule is c1ccc2c(c1)c1ccccc1c1c3oc3c3oc3c1c1ccccc21. The Morgan fingerprint density at radius 1 is 0.346 bits per heavy atom. The van der Waals surface area contributed by atoms with Crippen molar-refractivity contribution in [3.8, 4) is 0 Å². The van der Waals surface area contributed by atoms with E-state index in [1.807, 2.05) is 0 Å². The third-order valence-corrected chi connectivity index (χ3v) is 5.55. The summed E-state index contributed by atoms with van der Waals surface area (Å²) in [4.78, 5) is 0. The second kappa shape index (κ2) is 4.17. The molecule has 0 amide bonds. The first kappa shape index (κ1) is 12.8. The molecule has 0 aliphatic heterocycles. The highest BCUT2D eigenvalue weighted by atomic mass is 16.4. The van der Waals surface area contributed by atoms with E-state index in [2.05, 4.69) is 72.8 Å². The van der Waals surface area contributed by atoms with Crippen molar-refractivity contribution in [2.75, 3.05) is 0 Å². The maximum Gasteiger partial charge on any atom is 0.217 e. The molecule has 0 atom stereocenters. The topological polar surface area (TPSA) is 26.3 Å². The van der Waals surface area contributed by atoms with Gasteiger partial charge in [0.25, 0.3) is 0 Å². The van der Waals surface area contributed by atoms with Crippen molar-refractivity contribution >= 4 is 65.4 Å². The molecule has 0 bridgehead atoms. The first-order valence-electron chi connectivity index (χ1n) is 8.80. The van der Waals surface area contributed by atoms with Crippen LogP contribution in [0.3, 0.4) is 0 Å². The predicted molar refractivity (Wildman–Crippen MR) is 107 cm³/mol. The quantitative estimate of drug-likeness (QED) is 0.293. The normalized spacial score (nSPS) is 12.6. The Morgan fingerprint density at radius 2 is 0.654 bits per heavy atom. The van der Waals surface area contributed by atoms with E-state index >= 15 is 0 Å². The molecular weight excluding hydrogens is 320 g/mol. The first-order valence-corrected chi connectivity index (χ1v) is 8.80. The van der Waals surface area contributed by atoms with Crippen molar-refractivity contribution in [1.82, 2.24) is 0 Å². The standard InChI is InChI=1S/C24H12O2/c1-2-8-14-13(7-1)15-9-3-5-11-17(15)19-20(18-12-6-4-10-16(14)18)22-24(26-22)23-21(19)25-23/h1-12H. The van der Waals surface area contributed by atoms with Gasteiger partial charge in [-0.05, 0) is 32.3 Å². The highest BCUT2D eigenvalue weighted by Crippen LogP contribution is 2.50. The van der Waals surface area contributed by atoms with Gasteiger partial charge in [-0.15, -0.1) is 0 Å². The Hall–Kier alpha value is -3.52. The Bertz CT molecular complexity index is 1510. The summed E-state index contributed by atoms with van der Waals surface area (Å²) in [7, 11) is 0. The molecule has 0 spiro atoms. The Labute approximate surface area is 147 Å². The van der Waals surface area contributed by atoms with Gasteiger partial charge in [0.1, 0.15) is 0 Å². The molecule has 2 nitrogen and oxygen atoms in total. The lowest BCUT2D eigenvalue weighted by Gasteiger charge is -2.07. The van der Waals surface area contributed by atoms with E-state index in [-0.39, 0.29) is 0 Å². The summed E-state index contributed by atoms with van der Waals surface area (Å²) in [6.45, 7) is 0. The fraction of sp³-hybridized carbons (Fsp3) is 0. The largest absolute Gasteiger partial charge is 0.445 e. The minimum Gasteiger partial charge on any atom is -0.445 e. The van der Waals surface area contributed by atoms with Crippen molar-refractivity contribution in [2.45, 2.75) is 0 Å². The lowest BCUT2D eigenvalue weighted by atomic mass is 9.94. The van der Waals surface area contributed by atoms with E-state index in [9.17, 15) is 0 Å². The van der Waals surface area contributed by atoms with Gasteiger partial charge in [0.2, 0.25) is 11.2 Å². The number of hydrogen-bond donors (Lipinski definition) is 0. The van der Waals surface area contributed by atoms with Gasteiger partial charge in [0.15, 0.2) is 11.2 Å². The van der Waals surface area contributed by atoms with Crippen LogP contribution in [0, 0.1) is 0 Å². The zero-order chi connectivity index (χ0) is 16.8. The highest BCUT2D eigenvalue weighted by Gasteiger charge is 2.28. The van der Waals surface area contributed by atoms with Crippen LogP contribution in [-0.4, -0.2) is 0 Å². The van der Waals surface area contributed by atoms with Crippen LogP contribution in [-0.2, 0) is 0 Å². The van der Waals surface area contributed by atoms with Gasteiger partial charge in [0.05, 0.1) is 0 Å². The summed E-state index contributed by atoms with van der Waals surface area (Å²) in [6.07, 6.45) is 0. The maximum absolute atomic E-state index is 5.85. The second-order valence-electron chi connectivity index (χ2n) is 6.91. The van der Waals surface area contributed by atoms with Gasteiger partial charge in [-0.2, -0.15) is 0 Å². The molecule has 7 aromatic rings. The minimum atomic E-state index is 0.917. The van der Waals surface area contributed by atoms with Crippen LogP contribution in [0.4, 0.5) is 0 Å². The van der Waals surface area contributed by atoms with Gasteiger partial charge >= 0.3 is 0 Å². The van der Waals surface area contributed by atoms with Crippen LogP contribution < -0.4 is 0 Å². The van der Waals surface area contributed by atoms with Crippen molar-refractivity contribution in [3.63, 3.8) is 0 Å². The highest BCUT2D eigenvalue weighted by molar-refractivity contribution is 6.38. The molecule has 120 valence electrons. The molecule has 0 N–H and O–H groups in total. The third kappa shape index (κ3) is 1.44. The molecular formula is C24H12O2. The van der Waals surface area contributed by atoms with Crippen LogP contribution >= 0.6 is 0 Å². The van der Waals surface area contributed by atoms with Gasteiger partial charge in [-0.1, -0.05) is 72.8 Å². The average molecular weight is 332 g/mol.